The molecular formula is C32H43N3O3S. The van der Waals surface area contributed by atoms with Gasteiger partial charge < -0.3 is 9.64 Å². The van der Waals surface area contributed by atoms with Crippen LogP contribution in [0.3, 0.4) is 0 Å². The third kappa shape index (κ3) is 4.17. The van der Waals surface area contributed by atoms with E-state index in [0.717, 1.165) is 86.4 Å². The Hall–Kier alpha value is -1.67. The molecule has 0 amide bonds. The minimum Gasteiger partial charge on any atom is -0.379 e. The first-order chi connectivity index (χ1) is 19.0. The van der Waals surface area contributed by atoms with Gasteiger partial charge in [-0.15, -0.1) is 0 Å². The Kier molecular flexibility index (Phi) is 6.07. The van der Waals surface area contributed by atoms with Gasteiger partial charge in [0.25, 0.3) is 10.0 Å². The molecule has 9 rings (SSSR count). The first kappa shape index (κ1) is 25.1. The van der Waals surface area contributed by atoms with Crippen molar-refractivity contribution in [3.8, 4) is 0 Å². The van der Waals surface area contributed by atoms with Crippen molar-refractivity contribution in [2.75, 3.05) is 56.8 Å². The number of morpholine rings is 1. The van der Waals surface area contributed by atoms with Gasteiger partial charge in [-0.2, -0.15) is 0 Å². The van der Waals surface area contributed by atoms with Gasteiger partial charge in [0.2, 0.25) is 0 Å². The number of rotatable bonds is 6. The molecule has 4 saturated carbocycles. The Labute approximate surface area is 233 Å². The zero-order valence-corrected chi connectivity index (χ0v) is 24.0. The molecule has 4 aliphatic carbocycles. The Balaban J connectivity index is 0.972. The summed E-state index contributed by atoms with van der Waals surface area (Å²) in [4.78, 5) is 6.04. The van der Waals surface area contributed by atoms with Crippen molar-refractivity contribution in [3.05, 3.63) is 36.4 Å². The molecule has 39 heavy (non-hydrogen) atoms. The van der Waals surface area contributed by atoms with E-state index in [-0.39, 0.29) is 0 Å². The highest BCUT2D eigenvalue weighted by Crippen LogP contribution is 2.62. The molecule has 2 saturated heterocycles. The molecule has 6 fully saturated rings. The van der Waals surface area contributed by atoms with Crippen molar-refractivity contribution in [2.24, 2.45) is 29.1 Å². The molecule has 2 aromatic carbocycles. The van der Waals surface area contributed by atoms with Crippen LogP contribution in [0.2, 0.25) is 0 Å². The highest BCUT2D eigenvalue weighted by molar-refractivity contribution is 7.93. The van der Waals surface area contributed by atoms with Crippen LogP contribution in [0.5, 0.6) is 0 Å². The molecule has 0 spiro atoms. The maximum absolute atomic E-state index is 13.5. The molecule has 3 heterocycles. The molecule has 1 unspecified atom stereocenters. The number of hydrogen-bond donors (Lipinski definition) is 0. The summed E-state index contributed by atoms with van der Waals surface area (Å²) in [7, 11) is -3.47. The van der Waals surface area contributed by atoms with Crippen LogP contribution >= 0.6 is 0 Å². The van der Waals surface area contributed by atoms with Gasteiger partial charge in [0.15, 0.2) is 0 Å². The van der Waals surface area contributed by atoms with Crippen molar-refractivity contribution < 1.29 is 13.2 Å². The lowest BCUT2D eigenvalue weighted by atomic mass is 9.47. The SMILES string of the molecule is O=S1(=O)c2cccc3cccc(c23)N1CC1CCN(CC(N2CCOCC2)C23CC4CC(CC(C4)C2)C3)CC1. The van der Waals surface area contributed by atoms with E-state index in [4.69, 9.17) is 4.74 Å². The van der Waals surface area contributed by atoms with Crippen LogP contribution in [-0.2, 0) is 14.8 Å². The second-order valence-corrected chi connectivity index (χ2v) is 15.7. The fraction of sp³-hybridized carbons (Fsp3) is 0.688. The van der Waals surface area contributed by atoms with Crippen molar-refractivity contribution in [1.82, 2.24) is 9.80 Å². The third-order valence-electron chi connectivity index (χ3n) is 11.5. The number of benzene rings is 2. The van der Waals surface area contributed by atoms with Crippen LogP contribution in [-0.4, -0.2) is 76.7 Å². The Morgan fingerprint density at radius 3 is 2.18 bits per heavy atom. The molecule has 1 atom stereocenters. The average molecular weight is 550 g/mol. The predicted molar refractivity (Wildman–Crippen MR) is 154 cm³/mol. The molecule has 7 heteroatoms. The number of hydrogen-bond acceptors (Lipinski definition) is 5. The van der Waals surface area contributed by atoms with E-state index >= 15 is 0 Å². The molecule has 210 valence electrons. The van der Waals surface area contributed by atoms with E-state index < -0.39 is 10.0 Å². The minimum absolute atomic E-state index is 0.405. The number of nitrogens with zero attached hydrogens (tertiary/aromatic N) is 3. The van der Waals surface area contributed by atoms with Crippen LogP contribution < -0.4 is 4.31 Å². The second-order valence-electron chi connectivity index (χ2n) is 13.9. The Morgan fingerprint density at radius 2 is 1.51 bits per heavy atom. The van der Waals surface area contributed by atoms with Gasteiger partial charge in [0.05, 0.1) is 23.8 Å². The molecule has 7 aliphatic rings. The first-order valence-electron chi connectivity index (χ1n) is 15.6. The number of piperidine rings is 1. The van der Waals surface area contributed by atoms with E-state index in [0.29, 0.717) is 28.8 Å². The fourth-order valence-corrected chi connectivity index (χ4v) is 11.9. The molecule has 6 nitrogen and oxygen atoms in total. The second kappa shape index (κ2) is 9.43. The van der Waals surface area contributed by atoms with E-state index in [2.05, 4.69) is 9.80 Å². The number of anilines is 1. The maximum Gasteiger partial charge on any atom is 0.265 e. The van der Waals surface area contributed by atoms with Gasteiger partial charge in [-0.1, -0.05) is 24.3 Å². The maximum atomic E-state index is 13.5. The van der Waals surface area contributed by atoms with Gasteiger partial charge >= 0.3 is 0 Å². The van der Waals surface area contributed by atoms with Crippen molar-refractivity contribution >= 4 is 26.5 Å². The van der Waals surface area contributed by atoms with Crippen molar-refractivity contribution in [2.45, 2.75) is 62.3 Å². The monoisotopic (exact) mass is 549 g/mol. The van der Waals surface area contributed by atoms with Crippen LogP contribution in [0.1, 0.15) is 51.4 Å². The van der Waals surface area contributed by atoms with Crippen LogP contribution in [0, 0.1) is 29.1 Å². The van der Waals surface area contributed by atoms with Crippen LogP contribution in [0.4, 0.5) is 5.69 Å². The predicted octanol–water partition coefficient (Wildman–Crippen LogP) is 4.98. The number of sulfonamides is 1. The highest BCUT2D eigenvalue weighted by atomic mass is 32.2. The van der Waals surface area contributed by atoms with Gasteiger partial charge in [-0.05, 0) is 111 Å². The summed E-state index contributed by atoms with van der Waals surface area (Å²) in [6, 6.07) is 12.3. The highest BCUT2D eigenvalue weighted by Gasteiger charge is 2.55. The molecule has 0 radical (unpaired) electrons. The van der Waals surface area contributed by atoms with Gasteiger partial charge in [-0.3, -0.25) is 9.21 Å². The zero-order valence-electron chi connectivity index (χ0n) is 23.1. The molecule has 0 N–H and O–H groups in total. The van der Waals surface area contributed by atoms with E-state index in [1.165, 1.54) is 45.1 Å². The zero-order chi connectivity index (χ0) is 26.2. The lowest BCUT2D eigenvalue weighted by molar-refractivity contribution is -0.122. The molecule has 3 aliphatic heterocycles. The molecular weight excluding hydrogens is 506 g/mol. The van der Waals surface area contributed by atoms with Crippen molar-refractivity contribution in [3.63, 3.8) is 0 Å². The Bertz CT molecular complexity index is 1310. The summed E-state index contributed by atoms with van der Waals surface area (Å²) in [5, 5.41) is 1.92. The fourth-order valence-electron chi connectivity index (χ4n) is 10.2. The summed E-state index contributed by atoms with van der Waals surface area (Å²) in [5.74, 6) is 3.33. The average Bonchev–Trinajstić information content (AvgIpc) is 3.15. The smallest absolute Gasteiger partial charge is 0.265 e. The van der Waals surface area contributed by atoms with E-state index in [1.807, 2.05) is 30.3 Å². The summed E-state index contributed by atoms with van der Waals surface area (Å²) in [5.41, 5.74) is 1.39. The molecule has 2 aromatic rings. The quantitative estimate of drug-likeness (QED) is 0.509. The third-order valence-corrected chi connectivity index (χ3v) is 13.3. The topological polar surface area (TPSA) is 53.1 Å². The first-order valence-corrected chi connectivity index (χ1v) is 17.0. The van der Waals surface area contributed by atoms with Crippen molar-refractivity contribution in [1.29, 1.82) is 0 Å². The lowest BCUT2D eigenvalue weighted by Gasteiger charge is -2.62. The van der Waals surface area contributed by atoms with Gasteiger partial charge in [0.1, 0.15) is 0 Å². The summed E-state index contributed by atoms with van der Waals surface area (Å²) in [6.45, 7) is 7.89. The minimum atomic E-state index is -3.47. The normalized spacial score (nSPS) is 35.2. The van der Waals surface area contributed by atoms with Gasteiger partial charge in [0, 0.05) is 37.6 Å². The van der Waals surface area contributed by atoms with Gasteiger partial charge in [-0.25, -0.2) is 8.42 Å². The van der Waals surface area contributed by atoms with Crippen LogP contribution in [0.15, 0.2) is 41.3 Å². The number of ether oxygens (including phenoxy) is 1. The molecule has 4 bridgehead atoms. The van der Waals surface area contributed by atoms with Crippen LogP contribution in [0.25, 0.3) is 10.8 Å². The Morgan fingerprint density at radius 1 is 0.872 bits per heavy atom. The molecule has 0 aromatic heterocycles. The summed E-state index contributed by atoms with van der Waals surface area (Å²) < 4.78 is 34.6. The lowest BCUT2D eigenvalue weighted by Crippen LogP contribution is -2.62. The van der Waals surface area contributed by atoms with E-state index in [1.54, 1.807) is 10.4 Å². The van der Waals surface area contributed by atoms with E-state index in [9.17, 15) is 8.42 Å². The standard InChI is InChI=1S/C32H43N3O3S/c36-39(37)29-6-2-4-27-3-1-5-28(31(27)29)35(39)21-23-7-9-33(10-8-23)22-30(34-11-13-38-14-12-34)32-18-24-15-25(19-32)17-26(16-24)20-32/h1-6,23-26,30H,7-22H2. The largest absolute Gasteiger partial charge is 0.379 e. The number of likely N-dealkylation sites (tertiary alicyclic amines) is 1. The summed E-state index contributed by atoms with van der Waals surface area (Å²) in [6.07, 6.45) is 11.0. The summed E-state index contributed by atoms with van der Waals surface area (Å²) >= 11 is 0.